The van der Waals surface area contributed by atoms with Crippen LogP contribution in [0.5, 0.6) is 0 Å². The third-order valence-corrected chi connectivity index (χ3v) is 4.16. The molecule has 1 aromatic rings. The van der Waals surface area contributed by atoms with Gasteiger partial charge < -0.3 is 14.2 Å². The number of anilines is 1. The summed E-state index contributed by atoms with van der Waals surface area (Å²) in [6.07, 6.45) is 0. The van der Waals surface area contributed by atoms with Crippen LogP contribution in [0.25, 0.3) is 0 Å². The summed E-state index contributed by atoms with van der Waals surface area (Å²) in [6, 6.07) is 7.14. The Kier molecular flexibility index (Phi) is 3.33. The molecule has 0 aromatic heterocycles. The number of alkyl halides is 1. The van der Waals surface area contributed by atoms with Crippen LogP contribution in [0.2, 0.25) is 0 Å². The summed E-state index contributed by atoms with van der Waals surface area (Å²) in [6.45, 7) is 0.464. The molecule has 1 aromatic carbocycles. The Balaban J connectivity index is 2.48. The fraction of sp³-hybridized carbons (Fsp3) is 0.300. The molecule has 6 heteroatoms. The molecule has 1 heterocycles. The molecule has 1 atom stereocenters. The highest BCUT2D eigenvalue weighted by atomic mass is 35.5. The molecule has 1 amide bonds. The number of hydrogen-bond acceptors (Lipinski definition) is 3. The SMILES string of the molecule is CN1C(=O)c2ccccc2N(CCCl)P1[O-]. The van der Waals surface area contributed by atoms with Gasteiger partial charge in [-0.1, -0.05) is 12.1 Å². The number of carbonyl (C=O) groups is 1. The fourth-order valence-corrected chi connectivity index (χ4v) is 3.18. The third-order valence-electron chi connectivity index (χ3n) is 2.47. The van der Waals surface area contributed by atoms with Crippen LogP contribution in [0.3, 0.4) is 0 Å². The Morgan fingerprint density at radius 2 is 2.12 bits per heavy atom. The summed E-state index contributed by atoms with van der Waals surface area (Å²) in [5, 5.41) is 0. The Morgan fingerprint density at radius 1 is 1.44 bits per heavy atom. The van der Waals surface area contributed by atoms with Gasteiger partial charge in [0.1, 0.15) is 0 Å². The lowest BCUT2D eigenvalue weighted by atomic mass is 10.1. The zero-order chi connectivity index (χ0) is 11.7. The minimum Gasteiger partial charge on any atom is -0.796 e. The molecule has 1 aliphatic heterocycles. The molecule has 1 aliphatic rings. The zero-order valence-electron chi connectivity index (χ0n) is 8.76. The van der Waals surface area contributed by atoms with Gasteiger partial charge in [-0.05, 0) is 12.1 Å². The van der Waals surface area contributed by atoms with E-state index in [2.05, 4.69) is 0 Å². The normalized spacial score (nSPS) is 19.9. The van der Waals surface area contributed by atoms with Crippen LogP contribution in [0.15, 0.2) is 24.3 Å². The van der Waals surface area contributed by atoms with Gasteiger partial charge in [-0.15, -0.1) is 11.6 Å². The van der Waals surface area contributed by atoms with E-state index in [1.165, 1.54) is 11.7 Å². The van der Waals surface area contributed by atoms with Gasteiger partial charge in [0, 0.05) is 27.9 Å². The standard InChI is InChI=1S/C10H11ClN2O2P/c1-12-10(14)8-4-2-3-5-9(8)13(7-6-11)16(12)15/h2-5H,6-7H2,1H3/q-1. The summed E-state index contributed by atoms with van der Waals surface area (Å²) >= 11 is 5.68. The highest BCUT2D eigenvalue weighted by molar-refractivity contribution is 7.50. The first-order chi connectivity index (χ1) is 7.66. The molecule has 0 spiro atoms. The summed E-state index contributed by atoms with van der Waals surface area (Å²) < 4.78 is 2.92. The molecule has 0 bridgehead atoms. The molecule has 16 heavy (non-hydrogen) atoms. The molecule has 0 saturated carbocycles. The molecular formula is C10H11ClN2O2P-. The highest BCUT2D eigenvalue weighted by Crippen LogP contribution is 2.45. The third kappa shape index (κ3) is 1.77. The number of fused-ring (bicyclic) bond motifs is 1. The van der Waals surface area contributed by atoms with E-state index in [0.29, 0.717) is 23.7 Å². The minimum absolute atomic E-state index is 0.206. The van der Waals surface area contributed by atoms with Gasteiger partial charge in [-0.3, -0.25) is 4.79 Å². The Labute approximate surface area is 100 Å². The van der Waals surface area contributed by atoms with Crippen molar-refractivity contribution in [3.63, 3.8) is 0 Å². The van der Waals surface area contributed by atoms with Gasteiger partial charge in [0.15, 0.2) is 0 Å². The Bertz CT molecular complexity index is 416. The van der Waals surface area contributed by atoms with Crippen molar-refractivity contribution in [2.24, 2.45) is 0 Å². The van der Waals surface area contributed by atoms with Crippen molar-refractivity contribution in [1.82, 2.24) is 4.67 Å². The van der Waals surface area contributed by atoms with Crippen molar-refractivity contribution in [2.75, 3.05) is 24.1 Å². The Hall–Kier alpha value is -0.830. The summed E-state index contributed by atoms with van der Waals surface area (Å²) in [5.41, 5.74) is 1.28. The van der Waals surface area contributed by atoms with Gasteiger partial charge in [-0.2, -0.15) is 0 Å². The quantitative estimate of drug-likeness (QED) is 0.594. The van der Waals surface area contributed by atoms with Gasteiger partial charge in [-0.25, -0.2) is 0 Å². The second kappa shape index (κ2) is 4.58. The van der Waals surface area contributed by atoms with E-state index in [0.717, 1.165) is 0 Å². The maximum Gasteiger partial charge on any atom is 0.259 e. The number of benzene rings is 1. The van der Waals surface area contributed by atoms with Gasteiger partial charge in [0.05, 0.1) is 11.3 Å². The second-order valence-corrected chi connectivity index (χ2v) is 5.38. The van der Waals surface area contributed by atoms with Crippen LogP contribution in [-0.4, -0.2) is 30.1 Å². The van der Waals surface area contributed by atoms with Gasteiger partial charge in [0.25, 0.3) is 5.91 Å². The predicted molar refractivity (Wildman–Crippen MR) is 63.5 cm³/mol. The minimum atomic E-state index is -1.87. The monoisotopic (exact) mass is 257 g/mol. The number of amides is 1. The Morgan fingerprint density at radius 3 is 2.81 bits per heavy atom. The van der Waals surface area contributed by atoms with Crippen molar-refractivity contribution in [2.45, 2.75) is 0 Å². The molecule has 0 N–H and O–H groups in total. The van der Waals surface area contributed by atoms with E-state index in [9.17, 15) is 9.69 Å². The van der Waals surface area contributed by atoms with Crippen LogP contribution in [0, 0.1) is 0 Å². The zero-order valence-corrected chi connectivity index (χ0v) is 10.4. The molecule has 2 rings (SSSR count). The largest absolute Gasteiger partial charge is 0.796 e. The number of carbonyl (C=O) groups excluding carboxylic acids is 1. The first kappa shape index (κ1) is 11.6. The van der Waals surface area contributed by atoms with Crippen molar-refractivity contribution in [3.05, 3.63) is 29.8 Å². The fourth-order valence-electron chi connectivity index (χ4n) is 1.67. The van der Waals surface area contributed by atoms with Crippen molar-refractivity contribution in [3.8, 4) is 0 Å². The van der Waals surface area contributed by atoms with Crippen LogP contribution in [-0.2, 0) is 0 Å². The van der Waals surface area contributed by atoms with E-state index >= 15 is 0 Å². The smallest absolute Gasteiger partial charge is 0.259 e. The summed E-state index contributed by atoms with van der Waals surface area (Å²) in [7, 11) is -0.326. The topological polar surface area (TPSA) is 46.6 Å². The average molecular weight is 258 g/mol. The van der Waals surface area contributed by atoms with Gasteiger partial charge in [0.2, 0.25) is 0 Å². The molecule has 1 unspecified atom stereocenters. The molecular weight excluding hydrogens is 247 g/mol. The van der Waals surface area contributed by atoms with E-state index in [4.69, 9.17) is 11.6 Å². The maximum atomic E-state index is 12.0. The van der Waals surface area contributed by atoms with E-state index in [-0.39, 0.29) is 5.91 Å². The lowest BCUT2D eigenvalue weighted by Gasteiger charge is -2.47. The average Bonchev–Trinajstić information content (AvgIpc) is 2.32. The van der Waals surface area contributed by atoms with Gasteiger partial charge >= 0.3 is 0 Å². The molecule has 0 radical (unpaired) electrons. The van der Waals surface area contributed by atoms with Crippen LogP contribution >= 0.6 is 20.1 Å². The second-order valence-electron chi connectivity index (χ2n) is 3.41. The molecule has 0 saturated heterocycles. The first-order valence-corrected chi connectivity index (χ1v) is 6.54. The van der Waals surface area contributed by atoms with E-state index < -0.39 is 8.45 Å². The molecule has 86 valence electrons. The number of hydrogen-bond donors (Lipinski definition) is 0. The van der Waals surface area contributed by atoms with Crippen LogP contribution in [0.4, 0.5) is 5.69 Å². The van der Waals surface area contributed by atoms with E-state index in [1.807, 2.05) is 6.07 Å². The van der Waals surface area contributed by atoms with Crippen LogP contribution in [0.1, 0.15) is 10.4 Å². The summed E-state index contributed by atoms with van der Waals surface area (Å²) in [5.74, 6) is 0.166. The maximum absolute atomic E-state index is 12.0. The number of halogens is 1. The first-order valence-electron chi connectivity index (χ1n) is 4.84. The van der Waals surface area contributed by atoms with Crippen molar-refractivity contribution in [1.29, 1.82) is 0 Å². The molecule has 0 fully saturated rings. The lowest BCUT2D eigenvalue weighted by molar-refractivity contribution is -0.168. The van der Waals surface area contributed by atoms with Crippen molar-refractivity contribution >= 4 is 31.6 Å². The summed E-state index contributed by atoms with van der Waals surface area (Å²) in [4.78, 5) is 23.9. The number of rotatable bonds is 2. The number of para-hydroxylation sites is 1. The molecule has 0 aliphatic carbocycles. The molecule has 4 nitrogen and oxygen atoms in total. The van der Waals surface area contributed by atoms with Crippen molar-refractivity contribution < 1.29 is 9.69 Å². The highest BCUT2D eigenvalue weighted by Gasteiger charge is 2.28. The lowest BCUT2D eigenvalue weighted by Crippen LogP contribution is -2.41. The van der Waals surface area contributed by atoms with Crippen LogP contribution < -0.4 is 9.56 Å². The predicted octanol–water partition coefficient (Wildman–Crippen LogP) is 1.40. The number of nitrogens with zero attached hydrogens (tertiary/aromatic N) is 2. The van der Waals surface area contributed by atoms with E-state index in [1.54, 1.807) is 22.9 Å².